The molecule has 0 aliphatic carbocycles. The molecule has 1 unspecified atom stereocenters. The molecule has 1 aliphatic rings. The molecule has 0 saturated carbocycles. The molecule has 0 bridgehead atoms. The smallest absolute Gasteiger partial charge is 0.194 e. The lowest BCUT2D eigenvalue weighted by atomic mass is 10.0. The number of likely N-dealkylation sites (N-methyl/N-ethyl adjacent to an activating group) is 1. The minimum atomic E-state index is 0. The number of benzene rings is 1. The van der Waals surface area contributed by atoms with Gasteiger partial charge in [-0.15, -0.1) is 24.0 Å². The van der Waals surface area contributed by atoms with Gasteiger partial charge >= 0.3 is 0 Å². The van der Waals surface area contributed by atoms with Gasteiger partial charge in [-0.05, 0) is 17.9 Å². The highest BCUT2D eigenvalue weighted by molar-refractivity contribution is 14.0. The van der Waals surface area contributed by atoms with Crippen molar-refractivity contribution in [2.24, 2.45) is 10.9 Å². The highest BCUT2D eigenvalue weighted by atomic mass is 127. The van der Waals surface area contributed by atoms with E-state index in [1.165, 1.54) is 12.0 Å². The fraction of sp³-hybridized carbons (Fsp3) is 0.533. The summed E-state index contributed by atoms with van der Waals surface area (Å²) in [6.07, 6.45) is 1.20. The van der Waals surface area contributed by atoms with Crippen LogP contribution in [-0.2, 0) is 6.54 Å². The first-order valence-corrected chi connectivity index (χ1v) is 6.71. The molecule has 1 aromatic rings. The summed E-state index contributed by atoms with van der Waals surface area (Å²) in [6.45, 7) is 6.34. The topological polar surface area (TPSA) is 27.6 Å². The standard InChI is InChI=1S/C15H23N3.HI/c1-12(2)9-14-11-18(3)15(17-14)16-10-13-7-5-4-6-8-13;/h4-8,12,14H,9-11H2,1-3H3,(H,16,17);1H. The van der Waals surface area contributed by atoms with Gasteiger partial charge in [-0.1, -0.05) is 44.2 Å². The normalized spacial score (nSPS) is 20.5. The van der Waals surface area contributed by atoms with Crippen molar-refractivity contribution in [3.63, 3.8) is 0 Å². The fourth-order valence-corrected chi connectivity index (χ4v) is 2.37. The molecule has 0 radical (unpaired) electrons. The van der Waals surface area contributed by atoms with E-state index < -0.39 is 0 Å². The van der Waals surface area contributed by atoms with Crippen LogP contribution in [-0.4, -0.2) is 30.5 Å². The SMILES string of the molecule is CC(C)CC1CN(C)C(=NCc2ccccc2)N1.I. The average Bonchev–Trinajstić information content (AvgIpc) is 2.67. The van der Waals surface area contributed by atoms with Crippen LogP contribution in [0.25, 0.3) is 0 Å². The molecule has 1 aliphatic heterocycles. The first-order chi connectivity index (χ1) is 8.65. The van der Waals surface area contributed by atoms with Crippen molar-refractivity contribution in [2.75, 3.05) is 13.6 Å². The summed E-state index contributed by atoms with van der Waals surface area (Å²) in [5, 5.41) is 3.52. The Morgan fingerprint density at radius 1 is 1.32 bits per heavy atom. The predicted octanol–water partition coefficient (Wildman–Crippen LogP) is 3.11. The minimum Gasteiger partial charge on any atom is -0.352 e. The second-order valence-corrected chi connectivity index (χ2v) is 5.48. The largest absolute Gasteiger partial charge is 0.352 e. The molecule has 4 heteroatoms. The van der Waals surface area contributed by atoms with Crippen molar-refractivity contribution in [1.29, 1.82) is 0 Å². The molecule has 1 atom stereocenters. The maximum Gasteiger partial charge on any atom is 0.194 e. The Morgan fingerprint density at radius 2 is 2.00 bits per heavy atom. The van der Waals surface area contributed by atoms with E-state index in [2.05, 4.69) is 60.4 Å². The van der Waals surface area contributed by atoms with Crippen LogP contribution in [0.15, 0.2) is 35.3 Å². The Labute approximate surface area is 133 Å². The summed E-state index contributed by atoms with van der Waals surface area (Å²) in [4.78, 5) is 6.88. The molecule has 0 spiro atoms. The van der Waals surface area contributed by atoms with Gasteiger partial charge in [0.1, 0.15) is 0 Å². The third-order valence-electron chi connectivity index (χ3n) is 3.20. The Balaban J connectivity index is 0.00000180. The summed E-state index contributed by atoms with van der Waals surface area (Å²) in [7, 11) is 2.11. The summed E-state index contributed by atoms with van der Waals surface area (Å²) >= 11 is 0. The fourth-order valence-electron chi connectivity index (χ4n) is 2.37. The van der Waals surface area contributed by atoms with Gasteiger partial charge in [-0.3, -0.25) is 0 Å². The summed E-state index contributed by atoms with van der Waals surface area (Å²) < 4.78 is 0. The van der Waals surface area contributed by atoms with Crippen LogP contribution in [0.4, 0.5) is 0 Å². The molecular weight excluding hydrogens is 349 g/mol. The second-order valence-electron chi connectivity index (χ2n) is 5.48. The molecular formula is C15H24IN3. The van der Waals surface area contributed by atoms with Crippen molar-refractivity contribution in [3.05, 3.63) is 35.9 Å². The lowest BCUT2D eigenvalue weighted by Crippen LogP contribution is -2.29. The van der Waals surface area contributed by atoms with Gasteiger partial charge in [-0.2, -0.15) is 0 Å². The van der Waals surface area contributed by atoms with Crippen LogP contribution < -0.4 is 5.32 Å². The number of hydrogen-bond acceptors (Lipinski definition) is 1. The van der Waals surface area contributed by atoms with Crippen LogP contribution in [0.5, 0.6) is 0 Å². The number of guanidine groups is 1. The molecule has 1 fully saturated rings. The van der Waals surface area contributed by atoms with Crippen LogP contribution in [0.1, 0.15) is 25.8 Å². The zero-order valence-electron chi connectivity index (χ0n) is 12.0. The van der Waals surface area contributed by atoms with Crippen LogP contribution in [0.2, 0.25) is 0 Å². The zero-order valence-corrected chi connectivity index (χ0v) is 14.3. The Bertz CT molecular complexity index is 403. The molecule has 1 heterocycles. The Kier molecular flexibility index (Phi) is 6.62. The zero-order chi connectivity index (χ0) is 13.0. The van der Waals surface area contributed by atoms with Crippen molar-refractivity contribution in [1.82, 2.24) is 10.2 Å². The molecule has 2 rings (SSSR count). The number of nitrogens with one attached hydrogen (secondary N) is 1. The number of aliphatic imine (C=N–C) groups is 1. The van der Waals surface area contributed by atoms with E-state index in [0.29, 0.717) is 6.04 Å². The predicted molar refractivity (Wildman–Crippen MR) is 92.0 cm³/mol. The first-order valence-electron chi connectivity index (χ1n) is 6.71. The monoisotopic (exact) mass is 373 g/mol. The number of halogens is 1. The van der Waals surface area contributed by atoms with Gasteiger partial charge in [0, 0.05) is 19.6 Å². The van der Waals surface area contributed by atoms with E-state index in [9.17, 15) is 0 Å². The number of nitrogens with zero attached hydrogens (tertiary/aromatic N) is 2. The van der Waals surface area contributed by atoms with Gasteiger partial charge in [-0.25, -0.2) is 4.99 Å². The van der Waals surface area contributed by atoms with E-state index in [1.807, 2.05) is 6.07 Å². The maximum atomic E-state index is 4.66. The van der Waals surface area contributed by atoms with Crippen molar-refractivity contribution >= 4 is 29.9 Å². The van der Waals surface area contributed by atoms with Gasteiger partial charge in [0.15, 0.2) is 5.96 Å². The third kappa shape index (κ3) is 5.01. The summed E-state index contributed by atoms with van der Waals surface area (Å²) in [5.74, 6) is 1.76. The lowest BCUT2D eigenvalue weighted by Gasteiger charge is -2.11. The third-order valence-corrected chi connectivity index (χ3v) is 3.20. The average molecular weight is 373 g/mol. The molecule has 0 amide bonds. The van der Waals surface area contributed by atoms with Crippen LogP contribution in [0.3, 0.4) is 0 Å². The van der Waals surface area contributed by atoms with Gasteiger partial charge in [0.2, 0.25) is 0 Å². The first kappa shape index (κ1) is 16.3. The highest BCUT2D eigenvalue weighted by Gasteiger charge is 2.24. The van der Waals surface area contributed by atoms with Gasteiger partial charge < -0.3 is 10.2 Å². The quantitative estimate of drug-likeness (QED) is 0.822. The molecule has 1 N–H and O–H groups in total. The molecule has 19 heavy (non-hydrogen) atoms. The Morgan fingerprint density at radius 3 is 2.63 bits per heavy atom. The minimum absolute atomic E-state index is 0. The lowest BCUT2D eigenvalue weighted by molar-refractivity contribution is 0.437. The second kappa shape index (κ2) is 7.72. The van der Waals surface area contributed by atoms with Crippen LogP contribution in [0, 0.1) is 5.92 Å². The summed E-state index contributed by atoms with van der Waals surface area (Å²) in [5.41, 5.74) is 1.26. The van der Waals surface area contributed by atoms with E-state index in [0.717, 1.165) is 25.0 Å². The van der Waals surface area contributed by atoms with E-state index in [-0.39, 0.29) is 24.0 Å². The number of rotatable bonds is 4. The maximum absolute atomic E-state index is 4.66. The van der Waals surface area contributed by atoms with Crippen LogP contribution >= 0.6 is 24.0 Å². The van der Waals surface area contributed by atoms with Gasteiger partial charge in [0.05, 0.1) is 6.54 Å². The van der Waals surface area contributed by atoms with Gasteiger partial charge in [0.25, 0.3) is 0 Å². The summed E-state index contributed by atoms with van der Waals surface area (Å²) in [6, 6.07) is 10.9. The molecule has 1 saturated heterocycles. The van der Waals surface area contributed by atoms with E-state index in [4.69, 9.17) is 0 Å². The molecule has 1 aromatic carbocycles. The van der Waals surface area contributed by atoms with Crippen molar-refractivity contribution < 1.29 is 0 Å². The van der Waals surface area contributed by atoms with Crippen molar-refractivity contribution in [3.8, 4) is 0 Å². The highest BCUT2D eigenvalue weighted by Crippen LogP contribution is 2.11. The van der Waals surface area contributed by atoms with E-state index in [1.54, 1.807) is 0 Å². The van der Waals surface area contributed by atoms with E-state index >= 15 is 0 Å². The number of hydrogen-bond donors (Lipinski definition) is 1. The Hall–Kier alpha value is -0.780. The molecule has 3 nitrogen and oxygen atoms in total. The molecule has 106 valence electrons. The van der Waals surface area contributed by atoms with Crippen molar-refractivity contribution in [2.45, 2.75) is 32.9 Å². The molecule has 0 aromatic heterocycles.